The lowest BCUT2D eigenvalue weighted by Crippen LogP contribution is -2.32. The highest BCUT2D eigenvalue weighted by molar-refractivity contribution is 6.23. The molecule has 0 radical (unpaired) electrons. The molecule has 3 unspecified atom stereocenters. The summed E-state index contributed by atoms with van der Waals surface area (Å²) < 4.78 is 0. The van der Waals surface area contributed by atoms with Crippen molar-refractivity contribution in [3.05, 3.63) is 45.8 Å². The smallest absolute Gasteiger partial charge is 0.123 e. The lowest BCUT2D eigenvalue weighted by atomic mass is 9.85. The highest BCUT2D eigenvalue weighted by atomic mass is 35.5. The maximum atomic E-state index is 10.4. The molecule has 4 heteroatoms. The lowest BCUT2D eigenvalue weighted by molar-refractivity contribution is 0.183. The summed E-state index contributed by atoms with van der Waals surface area (Å²) in [5.41, 5.74) is 4.03. The highest BCUT2D eigenvalue weighted by Gasteiger charge is 2.34. The molecule has 3 nitrogen and oxygen atoms in total. The van der Waals surface area contributed by atoms with Gasteiger partial charge in [0.15, 0.2) is 0 Å². The monoisotopic (exact) mass is 340 g/mol. The Morgan fingerprint density at radius 2 is 1.87 bits per heavy atom. The van der Waals surface area contributed by atoms with E-state index in [1.165, 1.54) is 11.1 Å². The van der Waals surface area contributed by atoms with Crippen molar-refractivity contribution in [3.8, 4) is 0 Å². The molecule has 0 saturated carbocycles. The van der Waals surface area contributed by atoms with Crippen molar-refractivity contribution in [2.45, 2.75) is 71.5 Å². The molecule has 3 N–H and O–H groups in total. The van der Waals surface area contributed by atoms with Gasteiger partial charge in [0, 0.05) is 11.1 Å². The average Bonchev–Trinajstić information content (AvgIpc) is 2.44. The molecule has 0 aromatic rings. The van der Waals surface area contributed by atoms with Crippen LogP contribution < -0.4 is 0 Å². The molecule has 1 rings (SSSR count). The molecule has 0 fully saturated rings. The second-order valence-corrected chi connectivity index (χ2v) is 7.04. The van der Waals surface area contributed by atoms with Crippen LogP contribution in [0.15, 0.2) is 45.8 Å². The number of allylic oxidation sites excluding steroid dienone is 4. The normalized spacial score (nSPS) is 24.1. The predicted octanol–water partition coefficient (Wildman–Crippen LogP) is 4.56. The Balaban J connectivity index is 2.94. The number of halogens is 1. The molecule has 0 spiro atoms. The van der Waals surface area contributed by atoms with E-state index in [1.807, 2.05) is 13.0 Å². The molecule has 130 valence electrons. The summed E-state index contributed by atoms with van der Waals surface area (Å²) in [6.45, 7) is 9.52. The van der Waals surface area contributed by atoms with Crippen LogP contribution in [0.2, 0.25) is 0 Å². The zero-order valence-corrected chi connectivity index (χ0v) is 15.5. The first kappa shape index (κ1) is 20.0. The van der Waals surface area contributed by atoms with Gasteiger partial charge in [-0.3, -0.25) is 0 Å². The number of rotatable bonds is 6. The van der Waals surface area contributed by atoms with Gasteiger partial charge in [0.2, 0.25) is 0 Å². The third-order valence-corrected chi connectivity index (χ3v) is 4.78. The zero-order chi connectivity index (χ0) is 17.7. The molecule has 0 saturated heterocycles. The third kappa shape index (κ3) is 5.23. The van der Waals surface area contributed by atoms with E-state index in [1.54, 1.807) is 13.8 Å². The summed E-state index contributed by atoms with van der Waals surface area (Å²) >= 11 is 6.26. The largest absolute Gasteiger partial charge is 0.508 e. The van der Waals surface area contributed by atoms with Gasteiger partial charge in [-0.25, -0.2) is 0 Å². The third-order valence-electron chi connectivity index (χ3n) is 4.21. The summed E-state index contributed by atoms with van der Waals surface area (Å²) in [4.78, 5) is 0. The fourth-order valence-corrected chi connectivity index (χ4v) is 3.05. The van der Waals surface area contributed by atoms with E-state index in [0.29, 0.717) is 23.1 Å². The minimum Gasteiger partial charge on any atom is -0.508 e. The van der Waals surface area contributed by atoms with Crippen LogP contribution in [0.3, 0.4) is 0 Å². The van der Waals surface area contributed by atoms with E-state index in [-0.39, 0.29) is 5.76 Å². The quantitative estimate of drug-likeness (QED) is 0.490. The van der Waals surface area contributed by atoms with Crippen LogP contribution in [-0.2, 0) is 0 Å². The predicted molar refractivity (Wildman–Crippen MR) is 96.7 cm³/mol. The summed E-state index contributed by atoms with van der Waals surface area (Å²) in [5, 5.41) is 30.0. The molecule has 0 aromatic heterocycles. The van der Waals surface area contributed by atoms with Crippen molar-refractivity contribution in [2.75, 3.05) is 0 Å². The Morgan fingerprint density at radius 1 is 1.26 bits per heavy atom. The topological polar surface area (TPSA) is 60.7 Å². The standard InChI is InChI=1S/C19H29ClO3/c1-11(2)7-6-8-12(3)9-10-15-18(22)16(14(5)21)13(4)17(20)19(15)23/h7,9,14,17,19,21-23H,6,8,10H2,1-5H3/b12-9+. The average molecular weight is 341 g/mol. The van der Waals surface area contributed by atoms with Crippen molar-refractivity contribution in [2.24, 2.45) is 0 Å². The molecular formula is C19H29ClO3. The van der Waals surface area contributed by atoms with Gasteiger partial charge in [-0.05, 0) is 59.5 Å². The second kappa shape index (κ2) is 8.72. The fourth-order valence-electron chi connectivity index (χ4n) is 2.78. The van der Waals surface area contributed by atoms with E-state index in [4.69, 9.17) is 11.6 Å². The minimum absolute atomic E-state index is 0.0183. The van der Waals surface area contributed by atoms with Crippen molar-refractivity contribution in [1.82, 2.24) is 0 Å². The second-order valence-electron chi connectivity index (χ2n) is 6.57. The Morgan fingerprint density at radius 3 is 2.39 bits per heavy atom. The lowest BCUT2D eigenvalue weighted by Gasteiger charge is -2.30. The number of alkyl halides is 1. The zero-order valence-electron chi connectivity index (χ0n) is 14.7. The molecule has 3 atom stereocenters. The van der Waals surface area contributed by atoms with Crippen molar-refractivity contribution < 1.29 is 15.3 Å². The summed E-state index contributed by atoms with van der Waals surface area (Å²) in [6, 6.07) is 0. The van der Waals surface area contributed by atoms with Gasteiger partial charge in [0.05, 0.1) is 17.6 Å². The first-order valence-corrected chi connectivity index (χ1v) is 8.52. The van der Waals surface area contributed by atoms with Crippen molar-refractivity contribution in [1.29, 1.82) is 0 Å². The van der Waals surface area contributed by atoms with E-state index in [9.17, 15) is 15.3 Å². The molecule has 1 aliphatic carbocycles. The number of hydrogen-bond donors (Lipinski definition) is 3. The van der Waals surface area contributed by atoms with E-state index >= 15 is 0 Å². The number of aliphatic hydroxyl groups is 3. The SMILES string of the molecule is CC(C)=CCC/C(C)=C/CC1=C(O)C(C(C)O)=C(C)C(Cl)C1O. The van der Waals surface area contributed by atoms with Crippen LogP contribution in [0.1, 0.15) is 53.9 Å². The van der Waals surface area contributed by atoms with Gasteiger partial charge in [-0.15, -0.1) is 11.6 Å². The fraction of sp³-hybridized carbons (Fsp3) is 0.579. The van der Waals surface area contributed by atoms with Crippen LogP contribution >= 0.6 is 11.6 Å². The Labute approximate surface area is 144 Å². The first-order chi connectivity index (χ1) is 10.7. The van der Waals surface area contributed by atoms with Crippen LogP contribution in [0, 0.1) is 0 Å². The molecule has 0 aromatic carbocycles. The maximum Gasteiger partial charge on any atom is 0.123 e. The van der Waals surface area contributed by atoms with Gasteiger partial charge in [-0.2, -0.15) is 0 Å². The van der Waals surface area contributed by atoms with Gasteiger partial charge in [-0.1, -0.05) is 23.3 Å². The minimum atomic E-state index is -0.930. The van der Waals surface area contributed by atoms with E-state index in [0.717, 1.165) is 12.8 Å². The van der Waals surface area contributed by atoms with Crippen LogP contribution in [-0.4, -0.2) is 32.9 Å². The molecule has 23 heavy (non-hydrogen) atoms. The van der Waals surface area contributed by atoms with Crippen LogP contribution in [0.4, 0.5) is 0 Å². The van der Waals surface area contributed by atoms with Gasteiger partial charge < -0.3 is 15.3 Å². The van der Waals surface area contributed by atoms with E-state index in [2.05, 4.69) is 19.9 Å². The summed E-state index contributed by atoms with van der Waals surface area (Å²) in [7, 11) is 0. The summed E-state index contributed by atoms with van der Waals surface area (Å²) in [6.07, 6.45) is 4.81. The van der Waals surface area contributed by atoms with Crippen LogP contribution in [0.5, 0.6) is 0 Å². The van der Waals surface area contributed by atoms with Gasteiger partial charge in [0.1, 0.15) is 5.76 Å². The molecule has 0 aliphatic heterocycles. The van der Waals surface area contributed by atoms with Crippen molar-refractivity contribution >= 4 is 11.6 Å². The Kier molecular flexibility index (Phi) is 7.59. The Hall–Kier alpha value is -1.03. The number of hydrogen-bond acceptors (Lipinski definition) is 3. The van der Waals surface area contributed by atoms with Gasteiger partial charge in [0.25, 0.3) is 0 Å². The van der Waals surface area contributed by atoms with E-state index < -0.39 is 17.6 Å². The molecule has 0 heterocycles. The maximum absolute atomic E-state index is 10.4. The molecule has 1 aliphatic rings. The summed E-state index contributed by atoms with van der Waals surface area (Å²) in [5.74, 6) is -0.0183. The highest BCUT2D eigenvalue weighted by Crippen LogP contribution is 2.36. The first-order valence-electron chi connectivity index (χ1n) is 8.09. The van der Waals surface area contributed by atoms with Gasteiger partial charge >= 0.3 is 0 Å². The molecule has 0 amide bonds. The molecular weight excluding hydrogens is 312 g/mol. The number of aliphatic hydroxyl groups excluding tert-OH is 3. The Bertz CT molecular complexity index is 549. The van der Waals surface area contributed by atoms with Crippen LogP contribution in [0.25, 0.3) is 0 Å². The molecule has 0 bridgehead atoms. The van der Waals surface area contributed by atoms with Crippen molar-refractivity contribution in [3.63, 3.8) is 0 Å².